The fraction of sp³-hybridized carbons (Fsp3) is 0.636. The highest BCUT2D eigenvalue weighted by Crippen LogP contribution is 2.21. The van der Waals surface area contributed by atoms with Crippen molar-refractivity contribution in [3.05, 3.63) is 5.01 Å². The predicted octanol–water partition coefficient (Wildman–Crippen LogP) is 0.907. The molecular formula is C11H16N4O2S. The highest BCUT2D eigenvalue weighted by atomic mass is 32.1. The smallest absolute Gasteiger partial charge is 0.229 e. The molecule has 18 heavy (non-hydrogen) atoms. The Balaban J connectivity index is 1.93. The van der Waals surface area contributed by atoms with Crippen molar-refractivity contribution in [2.24, 2.45) is 5.92 Å². The van der Waals surface area contributed by atoms with Crippen LogP contribution in [0.3, 0.4) is 0 Å². The summed E-state index contributed by atoms with van der Waals surface area (Å²) in [5, 5.41) is 12.0. The Morgan fingerprint density at radius 3 is 2.94 bits per heavy atom. The summed E-state index contributed by atoms with van der Waals surface area (Å²) in [7, 11) is 1.76. The molecule has 0 saturated carbocycles. The van der Waals surface area contributed by atoms with Gasteiger partial charge in [0.2, 0.25) is 16.9 Å². The van der Waals surface area contributed by atoms with Gasteiger partial charge in [0.1, 0.15) is 5.01 Å². The average molecular weight is 268 g/mol. The van der Waals surface area contributed by atoms with Crippen molar-refractivity contribution in [3.63, 3.8) is 0 Å². The van der Waals surface area contributed by atoms with Gasteiger partial charge in [0.15, 0.2) is 0 Å². The third kappa shape index (κ3) is 2.84. The number of nitrogens with one attached hydrogen (secondary N) is 1. The lowest BCUT2D eigenvalue weighted by atomic mass is 9.96. The zero-order chi connectivity index (χ0) is 13.1. The van der Waals surface area contributed by atoms with Gasteiger partial charge in [-0.05, 0) is 12.8 Å². The third-order valence-electron chi connectivity index (χ3n) is 3.03. The van der Waals surface area contributed by atoms with E-state index >= 15 is 0 Å². The van der Waals surface area contributed by atoms with Gasteiger partial charge in [0.25, 0.3) is 0 Å². The van der Waals surface area contributed by atoms with Crippen molar-refractivity contribution < 1.29 is 9.59 Å². The molecule has 0 aromatic carbocycles. The molecular weight excluding hydrogens is 252 g/mol. The molecule has 1 aliphatic rings. The second kappa shape index (κ2) is 5.43. The Morgan fingerprint density at radius 1 is 1.56 bits per heavy atom. The number of anilines is 1. The standard InChI is InChI=1S/C11H16N4O2S/c1-3-8-13-14-11(18-8)12-10(17)7-4-5-15(2)9(16)6-7/h7H,3-6H2,1-2H3,(H,12,14,17). The van der Waals surface area contributed by atoms with Crippen LogP contribution in [0.1, 0.15) is 24.8 Å². The number of piperidine rings is 1. The summed E-state index contributed by atoms with van der Waals surface area (Å²) in [6.45, 7) is 2.62. The summed E-state index contributed by atoms with van der Waals surface area (Å²) in [4.78, 5) is 25.2. The first-order valence-electron chi connectivity index (χ1n) is 5.97. The van der Waals surface area contributed by atoms with E-state index in [0.29, 0.717) is 18.1 Å². The van der Waals surface area contributed by atoms with E-state index in [1.54, 1.807) is 11.9 Å². The van der Waals surface area contributed by atoms with Gasteiger partial charge >= 0.3 is 0 Å². The van der Waals surface area contributed by atoms with Crippen LogP contribution in [0.2, 0.25) is 0 Å². The van der Waals surface area contributed by atoms with Crippen molar-refractivity contribution in [2.75, 3.05) is 18.9 Å². The van der Waals surface area contributed by atoms with E-state index in [1.807, 2.05) is 6.92 Å². The number of aromatic nitrogens is 2. The summed E-state index contributed by atoms with van der Waals surface area (Å²) >= 11 is 1.38. The van der Waals surface area contributed by atoms with Crippen LogP contribution in [0, 0.1) is 5.92 Å². The number of carbonyl (C=O) groups is 2. The van der Waals surface area contributed by atoms with Crippen LogP contribution in [0.15, 0.2) is 0 Å². The fourth-order valence-electron chi connectivity index (χ4n) is 1.82. The molecule has 1 aliphatic heterocycles. The van der Waals surface area contributed by atoms with E-state index in [9.17, 15) is 9.59 Å². The molecule has 0 spiro atoms. The first-order valence-corrected chi connectivity index (χ1v) is 6.79. The van der Waals surface area contributed by atoms with Gasteiger partial charge in [0.05, 0.1) is 0 Å². The molecule has 0 radical (unpaired) electrons. The molecule has 0 bridgehead atoms. The SMILES string of the molecule is CCc1nnc(NC(=O)C2CCN(C)C(=O)C2)s1. The van der Waals surface area contributed by atoms with E-state index in [-0.39, 0.29) is 24.2 Å². The van der Waals surface area contributed by atoms with E-state index in [0.717, 1.165) is 11.4 Å². The summed E-state index contributed by atoms with van der Waals surface area (Å²) < 4.78 is 0. The summed E-state index contributed by atoms with van der Waals surface area (Å²) in [6, 6.07) is 0. The number of likely N-dealkylation sites (tertiary alicyclic amines) is 1. The monoisotopic (exact) mass is 268 g/mol. The molecule has 1 atom stereocenters. The maximum Gasteiger partial charge on any atom is 0.229 e. The quantitative estimate of drug-likeness (QED) is 0.884. The zero-order valence-electron chi connectivity index (χ0n) is 10.5. The normalized spacial score (nSPS) is 20.0. The minimum atomic E-state index is -0.248. The lowest BCUT2D eigenvalue weighted by molar-refractivity contribution is -0.137. The number of rotatable bonds is 3. The van der Waals surface area contributed by atoms with E-state index in [1.165, 1.54) is 11.3 Å². The van der Waals surface area contributed by atoms with Crippen LogP contribution in [0.4, 0.5) is 5.13 Å². The fourth-order valence-corrected chi connectivity index (χ4v) is 2.50. The highest BCUT2D eigenvalue weighted by Gasteiger charge is 2.29. The molecule has 6 nitrogen and oxygen atoms in total. The topological polar surface area (TPSA) is 75.2 Å². The number of hydrogen-bond donors (Lipinski definition) is 1. The van der Waals surface area contributed by atoms with Gasteiger partial charge in [-0.15, -0.1) is 10.2 Å². The van der Waals surface area contributed by atoms with Gasteiger partial charge in [-0.1, -0.05) is 18.3 Å². The van der Waals surface area contributed by atoms with Crippen molar-refractivity contribution in [1.29, 1.82) is 0 Å². The molecule has 1 N–H and O–H groups in total. The molecule has 98 valence electrons. The molecule has 2 rings (SSSR count). The summed E-state index contributed by atoms with van der Waals surface area (Å²) in [5.41, 5.74) is 0. The Kier molecular flexibility index (Phi) is 3.90. The predicted molar refractivity (Wildman–Crippen MR) is 68.3 cm³/mol. The van der Waals surface area contributed by atoms with Crippen LogP contribution in [-0.4, -0.2) is 40.5 Å². The number of nitrogens with zero attached hydrogens (tertiary/aromatic N) is 3. The Hall–Kier alpha value is -1.50. The largest absolute Gasteiger partial charge is 0.346 e. The molecule has 1 fully saturated rings. The molecule has 2 heterocycles. The van der Waals surface area contributed by atoms with Crippen molar-refractivity contribution in [1.82, 2.24) is 15.1 Å². The van der Waals surface area contributed by atoms with Gasteiger partial charge in [-0.2, -0.15) is 0 Å². The lowest BCUT2D eigenvalue weighted by Gasteiger charge is -2.27. The Labute approximate surface area is 109 Å². The van der Waals surface area contributed by atoms with Crippen molar-refractivity contribution in [2.45, 2.75) is 26.2 Å². The van der Waals surface area contributed by atoms with Crippen LogP contribution in [0.5, 0.6) is 0 Å². The Bertz CT molecular complexity index is 460. The maximum absolute atomic E-state index is 12.0. The van der Waals surface area contributed by atoms with Gasteiger partial charge in [-0.25, -0.2) is 0 Å². The van der Waals surface area contributed by atoms with Crippen LogP contribution >= 0.6 is 11.3 Å². The van der Waals surface area contributed by atoms with E-state index in [4.69, 9.17) is 0 Å². The van der Waals surface area contributed by atoms with Crippen LogP contribution in [0.25, 0.3) is 0 Å². The molecule has 1 saturated heterocycles. The highest BCUT2D eigenvalue weighted by molar-refractivity contribution is 7.15. The number of carbonyl (C=O) groups excluding carboxylic acids is 2. The lowest BCUT2D eigenvalue weighted by Crippen LogP contribution is -2.39. The first kappa shape index (κ1) is 12.9. The molecule has 0 aliphatic carbocycles. The molecule has 1 aromatic heterocycles. The first-order chi connectivity index (χ1) is 8.60. The minimum absolute atomic E-state index is 0.0212. The second-order valence-electron chi connectivity index (χ2n) is 4.35. The summed E-state index contributed by atoms with van der Waals surface area (Å²) in [5.74, 6) is -0.356. The minimum Gasteiger partial charge on any atom is -0.346 e. The maximum atomic E-state index is 12.0. The van der Waals surface area contributed by atoms with Gasteiger partial charge in [-0.3, -0.25) is 9.59 Å². The molecule has 1 unspecified atom stereocenters. The van der Waals surface area contributed by atoms with Crippen LogP contribution < -0.4 is 5.32 Å². The van der Waals surface area contributed by atoms with Crippen molar-refractivity contribution in [3.8, 4) is 0 Å². The number of aryl methyl sites for hydroxylation is 1. The van der Waals surface area contributed by atoms with Crippen molar-refractivity contribution >= 4 is 28.3 Å². The van der Waals surface area contributed by atoms with Gasteiger partial charge in [0, 0.05) is 25.9 Å². The second-order valence-corrected chi connectivity index (χ2v) is 5.41. The molecule has 1 aromatic rings. The number of hydrogen-bond acceptors (Lipinski definition) is 5. The average Bonchev–Trinajstić information content (AvgIpc) is 2.80. The summed E-state index contributed by atoms with van der Waals surface area (Å²) in [6.07, 6.45) is 1.79. The van der Waals surface area contributed by atoms with E-state index in [2.05, 4.69) is 15.5 Å². The van der Waals surface area contributed by atoms with E-state index < -0.39 is 0 Å². The van der Waals surface area contributed by atoms with Gasteiger partial charge < -0.3 is 10.2 Å². The van der Waals surface area contributed by atoms with Crippen LogP contribution in [-0.2, 0) is 16.0 Å². The zero-order valence-corrected chi connectivity index (χ0v) is 11.3. The molecule has 2 amide bonds. The third-order valence-corrected chi connectivity index (χ3v) is 4.01. The molecule has 7 heteroatoms. The number of amides is 2. The Morgan fingerprint density at radius 2 is 2.33 bits per heavy atom.